The molecule has 20 heavy (non-hydrogen) atoms. The first-order valence-corrected chi connectivity index (χ1v) is 7.48. The Morgan fingerprint density at radius 3 is 2.30 bits per heavy atom. The minimum Gasteiger partial charge on any atom is -0.496 e. The van der Waals surface area contributed by atoms with Gasteiger partial charge in [0.05, 0.1) is 11.9 Å². The van der Waals surface area contributed by atoms with Crippen LogP contribution in [0.5, 0.6) is 5.75 Å². The summed E-state index contributed by atoms with van der Waals surface area (Å²) in [5, 5.41) is 0.415. The first-order chi connectivity index (χ1) is 9.45. The van der Waals surface area contributed by atoms with E-state index in [1.807, 2.05) is 26.0 Å². The fourth-order valence-corrected chi connectivity index (χ4v) is 3.51. The zero-order valence-electron chi connectivity index (χ0n) is 11.5. The molecule has 0 fully saturated rings. The SMILES string of the molecule is COc1c(C)cc(C(Br)c2c(F)cccc2Cl)cc1C. The van der Waals surface area contributed by atoms with Crippen LogP contribution in [0.1, 0.15) is 27.1 Å². The standard InChI is InChI=1S/C16H15BrClFO/c1-9-7-11(8-10(2)16(9)20-3)15(17)14-12(18)5-4-6-13(14)19/h4-8,15H,1-3H3. The van der Waals surface area contributed by atoms with Crippen LogP contribution in [0.4, 0.5) is 4.39 Å². The molecule has 0 spiro atoms. The molecule has 1 nitrogen and oxygen atoms in total. The van der Waals surface area contributed by atoms with Crippen molar-refractivity contribution in [1.82, 2.24) is 0 Å². The van der Waals surface area contributed by atoms with Gasteiger partial charge < -0.3 is 4.74 Å². The van der Waals surface area contributed by atoms with E-state index in [0.717, 1.165) is 22.4 Å². The van der Waals surface area contributed by atoms with Crippen molar-refractivity contribution < 1.29 is 9.13 Å². The molecule has 0 N–H and O–H groups in total. The van der Waals surface area contributed by atoms with E-state index in [0.29, 0.717) is 10.6 Å². The molecule has 1 unspecified atom stereocenters. The molecule has 4 heteroatoms. The third-order valence-corrected chi connectivity index (χ3v) is 4.55. The number of aryl methyl sites for hydroxylation is 2. The van der Waals surface area contributed by atoms with Gasteiger partial charge in [-0.25, -0.2) is 4.39 Å². The Kier molecular flexibility index (Phi) is 4.71. The second-order valence-corrected chi connectivity index (χ2v) is 6.01. The third-order valence-electron chi connectivity index (χ3n) is 3.23. The molecule has 0 saturated heterocycles. The Hall–Kier alpha value is -1.06. The summed E-state index contributed by atoms with van der Waals surface area (Å²) in [5.41, 5.74) is 3.43. The van der Waals surface area contributed by atoms with Crippen LogP contribution in [0.25, 0.3) is 0 Å². The smallest absolute Gasteiger partial charge is 0.129 e. The van der Waals surface area contributed by atoms with Gasteiger partial charge in [-0.2, -0.15) is 0 Å². The Balaban J connectivity index is 2.52. The lowest BCUT2D eigenvalue weighted by atomic mass is 9.99. The van der Waals surface area contributed by atoms with E-state index in [1.54, 1.807) is 19.2 Å². The normalized spacial score (nSPS) is 12.3. The van der Waals surface area contributed by atoms with Gasteiger partial charge in [-0.1, -0.05) is 45.7 Å². The summed E-state index contributed by atoms with van der Waals surface area (Å²) in [5.74, 6) is 0.540. The molecule has 0 heterocycles. The van der Waals surface area contributed by atoms with Crippen molar-refractivity contribution in [1.29, 1.82) is 0 Å². The summed E-state index contributed by atoms with van der Waals surface area (Å²) in [6.45, 7) is 3.94. The second-order valence-electron chi connectivity index (χ2n) is 4.69. The Morgan fingerprint density at radius 2 is 1.80 bits per heavy atom. The van der Waals surface area contributed by atoms with E-state index in [1.165, 1.54) is 6.07 Å². The van der Waals surface area contributed by atoms with Crippen LogP contribution in [0.2, 0.25) is 5.02 Å². The Morgan fingerprint density at radius 1 is 1.20 bits per heavy atom. The van der Waals surface area contributed by atoms with Crippen LogP contribution in [0, 0.1) is 19.7 Å². The van der Waals surface area contributed by atoms with Gasteiger partial charge in [0.15, 0.2) is 0 Å². The van der Waals surface area contributed by atoms with Crippen molar-refractivity contribution in [3.8, 4) is 5.75 Å². The van der Waals surface area contributed by atoms with Crippen LogP contribution in [-0.4, -0.2) is 7.11 Å². The molecule has 0 aliphatic carbocycles. The van der Waals surface area contributed by atoms with Gasteiger partial charge in [-0.3, -0.25) is 0 Å². The molecule has 0 aliphatic heterocycles. The topological polar surface area (TPSA) is 9.23 Å². The van der Waals surface area contributed by atoms with E-state index in [9.17, 15) is 4.39 Å². The van der Waals surface area contributed by atoms with Crippen LogP contribution in [-0.2, 0) is 0 Å². The van der Waals surface area contributed by atoms with Crippen molar-refractivity contribution in [3.63, 3.8) is 0 Å². The van der Waals surface area contributed by atoms with E-state index in [-0.39, 0.29) is 10.6 Å². The molecule has 0 aliphatic rings. The van der Waals surface area contributed by atoms with Gasteiger partial charge in [0.2, 0.25) is 0 Å². The average Bonchev–Trinajstić information content (AvgIpc) is 2.37. The second kappa shape index (κ2) is 6.15. The number of alkyl halides is 1. The summed E-state index contributed by atoms with van der Waals surface area (Å²) in [6, 6.07) is 8.67. The number of benzene rings is 2. The molecule has 2 aromatic rings. The lowest BCUT2D eigenvalue weighted by Gasteiger charge is -2.17. The monoisotopic (exact) mass is 356 g/mol. The summed E-state index contributed by atoms with van der Waals surface area (Å²) in [4.78, 5) is -0.292. The minimum atomic E-state index is -0.314. The Labute approximate surface area is 131 Å². The predicted octanol–water partition coefficient (Wildman–Crippen LogP) is 5.59. The maximum absolute atomic E-state index is 14.0. The van der Waals surface area contributed by atoms with Crippen molar-refractivity contribution in [2.24, 2.45) is 0 Å². The number of halogens is 3. The van der Waals surface area contributed by atoms with Gasteiger partial charge >= 0.3 is 0 Å². The minimum absolute atomic E-state index is 0.292. The first kappa shape index (κ1) is 15.3. The molecule has 0 saturated carbocycles. The quantitative estimate of drug-likeness (QED) is 0.651. The molecule has 0 radical (unpaired) electrons. The summed E-state index contributed by atoms with van der Waals surface area (Å²) < 4.78 is 19.3. The Bertz CT molecular complexity index is 599. The van der Waals surface area contributed by atoms with E-state index in [4.69, 9.17) is 16.3 Å². The van der Waals surface area contributed by atoms with Crippen molar-refractivity contribution in [2.75, 3.05) is 7.11 Å². The van der Waals surface area contributed by atoms with Gasteiger partial charge in [0, 0.05) is 10.6 Å². The van der Waals surface area contributed by atoms with Crippen LogP contribution >= 0.6 is 27.5 Å². The van der Waals surface area contributed by atoms with Crippen LogP contribution in [0.3, 0.4) is 0 Å². The van der Waals surface area contributed by atoms with Gasteiger partial charge in [-0.15, -0.1) is 0 Å². The highest BCUT2D eigenvalue weighted by atomic mass is 79.9. The zero-order valence-corrected chi connectivity index (χ0v) is 13.8. The summed E-state index contributed by atoms with van der Waals surface area (Å²) >= 11 is 9.66. The fraction of sp³-hybridized carbons (Fsp3) is 0.250. The maximum Gasteiger partial charge on any atom is 0.129 e. The molecule has 1 atom stereocenters. The maximum atomic E-state index is 14.0. The molecule has 106 valence electrons. The van der Waals surface area contributed by atoms with Gasteiger partial charge in [0.25, 0.3) is 0 Å². The number of rotatable bonds is 3. The fourth-order valence-electron chi connectivity index (χ4n) is 2.37. The predicted molar refractivity (Wildman–Crippen MR) is 84.6 cm³/mol. The number of ether oxygens (including phenoxy) is 1. The first-order valence-electron chi connectivity index (χ1n) is 6.18. The highest BCUT2D eigenvalue weighted by Crippen LogP contribution is 2.39. The molecule has 0 bridgehead atoms. The largest absolute Gasteiger partial charge is 0.496 e. The van der Waals surface area contributed by atoms with Crippen LogP contribution < -0.4 is 4.74 Å². The van der Waals surface area contributed by atoms with Crippen molar-refractivity contribution in [2.45, 2.75) is 18.7 Å². The molecular formula is C16H15BrClFO. The van der Waals surface area contributed by atoms with E-state index in [2.05, 4.69) is 15.9 Å². The molecular weight excluding hydrogens is 343 g/mol. The average molecular weight is 358 g/mol. The molecule has 2 rings (SSSR count). The summed E-state index contributed by atoms with van der Waals surface area (Å²) in [7, 11) is 1.65. The molecule has 0 amide bonds. The van der Waals surface area contributed by atoms with Gasteiger partial charge in [0.1, 0.15) is 11.6 Å². The molecule has 0 aromatic heterocycles. The van der Waals surface area contributed by atoms with E-state index >= 15 is 0 Å². The van der Waals surface area contributed by atoms with Crippen molar-refractivity contribution >= 4 is 27.5 Å². The highest BCUT2D eigenvalue weighted by Gasteiger charge is 2.19. The lowest BCUT2D eigenvalue weighted by Crippen LogP contribution is -2.00. The van der Waals surface area contributed by atoms with E-state index < -0.39 is 0 Å². The zero-order chi connectivity index (χ0) is 14.9. The van der Waals surface area contributed by atoms with Gasteiger partial charge in [-0.05, 0) is 42.7 Å². The lowest BCUT2D eigenvalue weighted by molar-refractivity contribution is 0.408. The molecule has 2 aromatic carbocycles. The number of hydrogen-bond acceptors (Lipinski definition) is 1. The van der Waals surface area contributed by atoms with Crippen LogP contribution in [0.15, 0.2) is 30.3 Å². The third kappa shape index (κ3) is 2.84. The number of methoxy groups -OCH3 is 1. The van der Waals surface area contributed by atoms with Crippen molar-refractivity contribution in [3.05, 3.63) is 63.4 Å². The highest BCUT2D eigenvalue weighted by molar-refractivity contribution is 9.09. The number of hydrogen-bond donors (Lipinski definition) is 0. The summed E-state index contributed by atoms with van der Waals surface area (Å²) in [6.07, 6.45) is 0.